The van der Waals surface area contributed by atoms with Crippen molar-refractivity contribution in [3.8, 4) is 5.95 Å². The molecule has 0 aromatic carbocycles. The first-order valence-corrected chi connectivity index (χ1v) is 11.7. The van der Waals surface area contributed by atoms with Crippen LogP contribution in [0.2, 0.25) is 0 Å². The first-order valence-electron chi connectivity index (χ1n) is 10.9. The van der Waals surface area contributed by atoms with Crippen LogP contribution in [0.3, 0.4) is 0 Å². The molecular formula is C22H29N3O4S. The summed E-state index contributed by atoms with van der Waals surface area (Å²) in [6.07, 6.45) is 5.73. The average molecular weight is 432 g/mol. The molecule has 30 heavy (non-hydrogen) atoms. The van der Waals surface area contributed by atoms with Gasteiger partial charge in [-0.25, -0.2) is 4.98 Å². The Bertz CT molecular complexity index is 909. The highest BCUT2D eigenvalue weighted by Crippen LogP contribution is 2.44. The third kappa shape index (κ3) is 3.55. The Balaban J connectivity index is 1.13. The SMILES string of the molecule is CCc1cc2c(s1)CCOC21CCN(CC2CN(C(=O)c3ncc(OC)o3)C2)CC1. The number of aromatic nitrogens is 1. The zero-order valence-corrected chi connectivity index (χ0v) is 18.5. The van der Waals surface area contributed by atoms with Crippen LogP contribution in [0.15, 0.2) is 16.7 Å². The van der Waals surface area contributed by atoms with Gasteiger partial charge in [0.1, 0.15) is 6.20 Å². The molecule has 162 valence electrons. The molecule has 2 aromatic rings. The van der Waals surface area contributed by atoms with Crippen LogP contribution < -0.4 is 4.74 Å². The lowest BCUT2D eigenvalue weighted by atomic mass is 9.82. The second-order valence-corrected chi connectivity index (χ2v) is 9.78. The number of methoxy groups -OCH3 is 1. The van der Waals surface area contributed by atoms with Crippen LogP contribution in [0.1, 0.15) is 45.8 Å². The van der Waals surface area contributed by atoms with Gasteiger partial charge in [0.25, 0.3) is 5.89 Å². The quantitative estimate of drug-likeness (QED) is 0.725. The number of oxazole rings is 1. The number of aryl methyl sites for hydroxylation is 1. The minimum absolute atomic E-state index is 0.0698. The van der Waals surface area contributed by atoms with Gasteiger partial charge in [-0.2, -0.15) is 0 Å². The van der Waals surface area contributed by atoms with Crippen LogP contribution in [0.25, 0.3) is 0 Å². The molecule has 1 spiro atoms. The maximum Gasteiger partial charge on any atom is 0.309 e. The van der Waals surface area contributed by atoms with Crippen LogP contribution in [0, 0.1) is 5.92 Å². The lowest BCUT2D eigenvalue weighted by Crippen LogP contribution is -2.55. The first kappa shape index (κ1) is 20.0. The molecule has 8 heteroatoms. The van der Waals surface area contributed by atoms with Crippen molar-refractivity contribution in [2.45, 2.75) is 38.2 Å². The second kappa shape index (κ2) is 7.98. The van der Waals surface area contributed by atoms with Crippen molar-refractivity contribution in [2.75, 3.05) is 46.4 Å². The maximum atomic E-state index is 12.4. The van der Waals surface area contributed by atoms with Gasteiger partial charge in [-0.1, -0.05) is 6.92 Å². The molecule has 2 aromatic heterocycles. The van der Waals surface area contributed by atoms with Crippen molar-refractivity contribution in [3.05, 3.63) is 33.5 Å². The number of piperidine rings is 1. The molecule has 0 bridgehead atoms. The predicted octanol–water partition coefficient (Wildman–Crippen LogP) is 2.94. The average Bonchev–Trinajstić information content (AvgIpc) is 3.39. The normalized spacial score (nSPS) is 21.5. The molecule has 3 aliphatic rings. The van der Waals surface area contributed by atoms with E-state index in [9.17, 15) is 4.79 Å². The molecule has 2 saturated heterocycles. The van der Waals surface area contributed by atoms with Gasteiger partial charge in [0.15, 0.2) is 0 Å². The number of carbonyl (C=O) groups excluding carboxylic acids is 1. The molecule has 0 saturated carbocycles. The van der Waals surface area contributed by atoms with Crippen LogP contribution in [0.5, 0.6) is 5.95 Å². The molecular weight excluding hydrogens is 402 g/mol. The van der Waals surface area contributed by atoms with Gasteiger partial charge in [0.2, 0.25) is 0 Å². The molecule has 0 atom stereocenters. The fraction of sp³-hybridized carbons (Fsp3) is 0.636. The molecule has 3 aliphatic heterocycles. The highest BCUT2D eigenvalue weighted by Gasteiger charge is 2.43. The lowest BCUT2D eigenvalue weighted by Gasteiger charge is -2.46. The fourth-order valence-electron chi connectivity index (χ4n) is 4.96. The van der Waals surface area contributed by atoms with Crippen molar-refractivity contribution in [2.24, 2.45) is 5.92 Å². The highest BCUT2D eigenvalue weighted by molar-refractivity contribution is 7.12. The molecule has 2 fully saturated rings. The van der Waals surface area contributed by atoms with E-state index in [-0.39, 0.29) is 23.3 Å². The van der Waals surface area contributed by atoms with E-state index in [1.807, 2.05) is 11.3 Å². The summed E-state index contributed by atoms with van der Waals surface area (Å²) in [6.45, 7) is 7.74. The minimum Gasteiger partial charge on any atom is -0.467 e. The standard InChI is InChI=1S/C22H29N3O4S/c1-3-16-10-17-18(30-16)4-9-28-22(17)5-7-24(8-6-22)12-15-13-25(14-15)21(26)20-23-11-19(27-2)29-20/h10-11,15H,3-9,12-14H2,1-2H3. The molecule has 5 heterocycles. The van der Waals surface area contributed by atoms with Gasteiger partial charge in [0.05, 0.1) is 19.3 Å². The van der Waals surface area contributed by atoms with Gasteiger partial charge in [-0.05, 0) is 30.9 Å². The molecule has 0 aliphatic carbocycles. The van der Waals surface area contributed by atoms with Gasteiger partial charge in [0, 0.05) is 54.8 Å². The molecule has 0 radical (unpaired) electrons. The number of likely N-dealkylation sites (tertiary alicyclic amines) is 2. The fourth-order valence-corrected chi connectivity index (χ4v) is 6.14. The Morgan fingerprint density at radius 3 is 2.87 bits per heavy atom. The number of hydrogen-bond acceptors (Lipinski definition) is 7. The molecule has 0 N–H and O–H groups in total. The maximum absolute atomic E-state index is 12.4. The molecule has 7 nitrogen and oxygen atoms in total. The third-order valence-electron chi connectivity index (χ3n) is 6.70. The summed E-state index contributed by atoms with van der Waals surface area (Å²) >= 11 is 1.98. The van der Waals surface area contributed by atoms with E-state index in [0.717, 1.165) is 65.0 Å². The third-order valence-corrected chi connectivity index (χ3v) is 8.04. The number of ether oxygens (including phenoxy) is 2. The van der Waals surface area contributed by atoms with Crippen LogP contribution in [-0.4, -0.2) is 67.1 Å². The van der Waals surface area contributed by atoms with Crippen molar-refractivity contribution in [3.63, 3.8) is 0 Å². The summed E-state index contributed by atoms with van der Waals surface area (Å²) in [5, 5.41) is 0. The Labute approximate surface area is 181 Å². The summed E-state index contributed by atoms with van der Waals surface area (Å²) in [5.41, 5.74) is 1.40. The van der Waals surface area contributed by atoms with E-state index in [1.54, 1.807) is 9.78 Å². The highest BCUT2D eigenvalue weighted by atomic mass is 32.1. The van der Waals surface area contributed by atoms with E-state index in [1.165, 1.54) is 23.7 Å². The topological polar surface area (TPSA) is 68.0 Å². The van der Waals surface area contributed by atoms with E-state index >= 15 is 0 Å². The summed E-state index contributed by atoms with van der Waals surface area (Å²) in [4.78, 5) is 23.8. The van der Waals surface area contributed by atoms with Crippen molar-refractivity contribution >= 4 is 17.2 Å². The van der Waals surface area contributed by atoms with Crippen molar-refractivity contribution in [1.29, 1.82) is 0 Å². The number of nitrogens with zero attached hydrogens (tertiary/aromatic N) is 3. The summed E-state index contributed by atoms with van der Waals surface area (Å²) in [6, 6.07) is 2.40. The van der Waals surface area contributed by atoms with Gasteiger partial charge >= 0.3 is 11.9 Å². The van der Waals surface area contributed by atoms with Crippen molar-refractivity contribution < 1.29 is 18.7 Å². The number of fused-ring (bicyclic) bond motifs is 2. The van der Waals surface area contributed by atoms with Crippen LogP contribution in [0.4, 0.5) is 0 Å². The van der Waals surface area contributed by atoms with Gasteiger partial charge in [-0.15, -0.1) is 11.3 Å². The number of amides is 1. The monoisotopic (exact) mass is 431 g/mol. The summed E-state index contributed by atoms with van der Waals surface area (Å²) in [5.74, 6) is 0.732. The van der Waals surface area contributed by atoms with Crippen LogP contribution in [-0.2, 0) is 23.2 Å². The predicted molar refractivity (Wildman–Crippen MR) is 113 cm³/mol. The lowest BCUT2D eigenvalue weighted by molar-refractivity contribution is -0.100. The van der Waals surface area contributed by atoms with Crippen molar-refractivity contribution in [1.82, 2.24) is 14.8 Å². The van der Waals surface area contributed by atoms with Gasteiger partial charge in [-0.3, -0.25) is 4.79 Å². The Morgan fingerprint density at radius 1 is 1.37 bits per heavy atom. The largest absolute Gasteiger partial charge is 0.467 e. The number of carbonyl (C=O) groups is 1. The Hall–Kier alpha value is -1.90. The molecule has 1 amide bonds. The van der Waals surface area contributed by atoms with E-state index in [2.05, 4.69) is 22.9 Å². The summed E-state index contributed by atoms with van der Waals surface area (Å²) in [7, 11) is 1.50. The number of thiophene rings is 1. The van der Waals surface area contributed by atoms with E-state index in [4.69, 9.17) is 13.9 Å². The minimum atomic E-state index is -0.153. The zero-order chi connectivity index (χ0) is 20.7. The van der Waals surface area contributed by atoms with Crippen LogP contribution >= 0.6 is 11.3 Å². The van der Waals surface area contributed by atoms with Gasteiger partial charge < -0.3 is 23.7 Å². The first-order chi connectivity index (χ1) is 14.6. The summed E-state index contributed by atoms with van der Waals surface area (Å²) < 4.78 is 16.6. The Kier molecular flexibility index (Phi) is 5.33. The molecule has 0 unspecified atom stereocenters. The number of rotatable bonds is 5. The number of hydrogen-bond donors (Lipinski definition) is 0. The smallest absolute Gasteiger partial charge is 0.309 e. The van der Waals surface area contributed by atoms with E-state index in [0.29, 0.717) is 5.92 Å². The molecule has 5 rings (SSSR count). The Morgan fingerprint density at radius 2 is 2.17 bits per heavy atom. The van der Waals surface area contributed by atoms with E-state index < -0.39 is 0 Å². The second-order valence-electron chi connectivity index (χ2n) is 8.56. The zero-order valence-electron chi connectivity index (χ0n) is 17.7.